The van der Waals surface area contributed by atoms with Crippen molar-refractivity contribution in [1.29, 1.82) is 0 Å². The second-order valence-electron chi connectivity index (χ2n) is 6.61. The van der Waals surface area contributed by atoms with Crippen LogP contribution in [-0.2, 0) is 13.7 Å². The van der Waals surface area contributed by atoms with Gasteiger partial charge in [0.25, 0.3) is 11.9 Å². The van der Waals surface area contributed by atoms with E-state index in [2.05, 4.69) is 10.3 Å². The Morgan fingerprint density at radius 3 is 2.62 bits per heavy atom. The quantitative estimate of drug-likeness (QED) is 0.502. The van der Waals surface area contributed by atoms with E-state index in [1.807, 2.05) is 48.0 Å². The lowest BCUT2D eigenvalue weighted by atomic mass is 10.1. The minimum absolute atomic E-state index is 0.172. The van der Waals surface area contributed by atoms with Crippen LogP contribution in [0.4, 0.5) is 15.8 Å². The number of halogens is 1. The van der Waals surface area contributed by atoms with Gasteiger partial charge in [-0.3, -0.25) is 9.36 Å². The molecule has 6 nitrogen and oxygen atoms in total. The topological polar surface area (TPSA) is 82.2 Å². The number of nitrogens with one attached hydrogen (secondary N) is 1. The molecule has 0 spiro atoms. The van der Waals surface area contributed by atoms with Crippen LogP contribution in [0.5, 0.6) is 6.01 Å². The average molecular weight is 390 g/mol. The summed E-state index contributed by atoms with van der Waals surface area (Å²) in [6, 6.07) is 19.2. The zero-order chi connectivity index (χ0) is 20.4. The van der Waals surface area contributed by atoms with E-state index in [0.29, 0.717) is 23.9 Å². The number of hydrogen-bond donors (Lipinski definition) is 2. The number of aromatic nitrogens is 2. The molecule has 7 heteroatoms. The maximum Gasteiger partial charge on any atom is 0.297 e. The molecule has 1 aromatic heterocycles. The predicted molar refractivity (Wildman–Crippen MR) is 110 cm³/mol. The Kier molecular flexibility index (Phi) is 4.87. The number of aryl methyl sites for hydroxylation is 1. The number of ether oxygens (including phenoxy) is 1. The number of carbonyl (C=O) groups excluding carboxylic acids is 1. The van der Waals surface area contributed by atoms with Gasteiger partial charge in [-0.15, -0.1) is 0 Å². The summed E-state index contributed by atoms with van der Waals surface area (Å²) < 4.78 is 20.8. The van der Waals surface area contributed by atoms with Gasteiger partial charge >= 0.3 is 0 Å². The van der Waals surface area contributed by atoms with E-state index in [1.54, 1.807) is 12.1 Å². The van der Waals surface area contributed by atoms with Crippen LogP contribution in [0.25, 0.3) is 11.0 Å². The first-order valence-corrected chi connectivity index (χ1v) is 9.01. The summed E-state index contributed by atoms with van der Waals surface area (Å²) in [5, 5.41) is 2.68. The molecule has 1 amide bonds. The largest absolute Gasteiger partial charge is 0.460 e. The summed E-state index contributed by atoms with van der Waals surface area (Å²) >= 11 is 0. The molecule has 3 N–H and O–H groups in total. The second-order valence-corrected chi connectivity index (χ2v) is 6.61. The summed E-state index contributed by atoms with van der Waals surface area (Å²) in [6.07, 6.45) is 0. The smallest absolute Gasteiger partial charge is 0.297 e. The fourth-order valence-electron chi connectivity index (χ4n) is 2.99. The van der Waals surface area contributed by atoms with Crippen molar-refractivity contribution in [3.8, 4) is 6.01 Å². The van der Waals surface area contributed by atoms with Crippen molar-refractivity contribution in [3.05, 3.63) is 83.7 Å². The number of nitrogens with zero attached hydrogens (tertiary/aromatic N) is 2. The van der Waals surface area contributed by atoms with Crippen LogP contribution in [0.15, 0.2) is 66.7 Å². The number of fused-ring (bicyclic) bond motifs is 1. The highest BCUT2D eigenvalue weighted by Crippen LogP contribution is 2.21. The Hall–Kier alpha value is -3.87. The number of benzene rings is 3. The van der Waals surface area contributed by atoms with Crippen LogP contribution in [0.3, 0.4) is 0 Å². The minimum atomic E-state index is -0.453. The van der Waals surface area contributed by atoms with Gasteiger partial charge < -0.3 is 15.8 Å². The molecular weight excluding hydrogens is 371 g/mol. The third-order valence-corrected chi connectivity index (χ3v) is 4.59. The zero-order valence-corrected chi connectivity index (χ0v) is 15.7. The summed E-state index contributed by atoms with van der Waals surface area (Å²) in [7, 11) is 1.90. The molecule has 0 radical (unpaired) electrons. The molecule has 0 bridgehead atoms. The van der Waals surface area contributed by atoms with Gasteiger partial charge in [-0.25, -0.2) is 4.39 Å². The number of rotatable bonds is 5. The summed E-state index contributed by atoms with van der Waals surface area (Å²) in [4.78, 5) is 16.9. The maximum absolute atomic E-state index is 13.1. The monoisotopic (exact) mass is 390 g/mol. The first-order valence-electron chi connectivity index (χ1n) is 9.01. The highest BCUT2D eigenvalue weighted by molar-refractivity contribution is 6.05. The number of nitrogen functional groups attached to an aromatic ring is 1. The molecule has 4 rings (SSSR count). The molecule has 3 aromatic carbocycles. The number of carbonyl (C=O) groups is 1. The van der Waals surface area contributed by atoms with E-state index in [4.69, 9.17) is 10.5 Å². The van der Waals surface area contributed by atoms with E-state index in [-0.39, 0.29) is 11.6 Å². The molecule has 0 unspecified atom stereocenters. The van der Waals surface area contributed by atoms with Crippen molar-refractivity contribution in [2.45, 2.75) is 6.61 Å². The lowest BCUT2D eigenvalue weighted by Crippen LogP contribution is -2.13. The summed E-state index contributed by atoms with van der Waals surface area (Å²) in [5.41, 5.74) is 9.49. The molecule has 29 heavy (non-hydrogen) atoms. The number of imidazole rings is 1. The number of anilines is 2. The van der Waals surface area contributed by atoms with Gasteiger partial charge in [-0.1, -0.05) is 24.3 Å². The molecule has 0 saturated carbocycles. The third-order valence-electron chi connectivity index (χ3n) is 4.59. The molecule has 0 atom stereocenters. The molecule has 0 fully saturated rings. The first kappa shape index (κ1) is 18.5. The minimum Gasteiger partial charge on any atom is -0.460 e. The molecule has 4 aromatic rings. The second kappa shape index (κ2) is 7.63. The van der Waals surface area contributed by atoms with Gasteiger partial charge in [-0.05, 0) is 48.0 Å². The highest BCUT2D eigenvalue weighted by Gasteiger charge is 2.10. The Balaban J connectivity index is 1.42. The first-order chi connectivity index (χ1) is 14.0. The van der Waals surface area contributed by atoms with E-state index >= 15 is 0 Å². The number of hydrogen-bond acceptors (Lipinski definition) is 4. The fraction of sp³-hybridized carbons (Fsp3) is 0.0909. The van der Waals surface area contributed by atoms with Crippen molar-refractivity contribution in [2.75, 3.05) is 11.1 Å². The average Bonchev–Trinajstić information content (AvgIpc) is 3.05. The number of nitrogens with two attached hydrogens (primary N) is 1. The lowest BCUT2D eigenvalue weighted by Gasteiger charge is -2.09. The summed E-state index contributed by atoms with van der Waals surface area (Å²) in [5.74, 6) is -0.781. The number of para-hydroxylation sites is 2. The van der Waals surface area contributed by atoms with Crippen molar-refractivity contribution in [2.24, 2.45) is 7.05 Å². The Morgan fingerprint density at radius 2 is 1.90 bits per heavy atom. The lowest BCUT2D eigenvalue weighted by molar-refractivity contribution is 0.102. The van der Waals surface area contributed by atoms with Crippen molar-refractivity contribution >= 4 is 28.3 Å². The number of amides is 1. The van der Waals surface area contributed by atoms with E-state index < -0.39 is 5.82 Å². The van der Waals surface area contributed by atoms with Crippen LogP contribution in [0.2, 0.25) is 0 Å². The van der Waals surface area contributed by atoms with Gasteiger partial charge in [0, 0.05) is 12.6 Å². The standard InChI is InChI=1S/C22H19FN4O2/c1-27-20-5-3-2-4-19(20)26-22(27)29-13-14-6-8-15(9-7-14)21(28)25-18-11-10-16(23)12-17(18)24/h2-12H,13,24H2,1H3,(H,25,28). The van der Waals surface area contributed by atoms with Crippen molar-refractivity contribution in [1.82, 2.24) is 9.55 Å². The third kappa shape index (κ3) is 3.89. The van der Waals surface area contributed by atoms with Gasteiger partial charge in [0.15, 0.2) is 0 Å². The predicted octanol–water partition coefficient (Wildman–Crippen LogP) is 4.13. The SMILES string of the molecule is Cn1c(OCc2ccc(C(=O)Nc3ccc(F)cc3N)cc2)nc2ccccc21. The van der Waals surface area contributed by atoms with Gasteiger partial charge in [0.05, 0.1) is 22.4 Å². The maximum atomic E-state index is 13.1. The molecular formula is C22H19FN4O2. The van der Waals surface area contributed by atoms with Crippen LogP contribution in [-0.4, -0.2) is 15.5 Å². The van der Waals surface area contributed by atoms with Crippen LogP contribution >= 0.6 is 0 Å². The highest BCUT2D eigenvalue weighted by atomic mass is 19.1. The van der Waals surface area contributed by atoms with Gasteiger partial charge in [0.2, 0.25) is 0 Å². The molecule has 0 aliphatic heterocycles. The molecule has 0 aliphatic carbocycles. The van der Waals surface area contributed by atoms with Crippen molar-refractivity contribution in [3.63, 3.8) is 0 Å². The molecule has 0 aliphatic rings. The van der Waals surface area contributed by atoms with Crippen LogP contribution in [0, 0.1) is 5.82 Å². The fourth-order valence-corrected chi connectivity index (χ4v) is 2.99. The van der Waals surface area contributed by atoms with E-state index in [1.165, 1.54) is 12.1 Å². The molecule has 1 heterocycles. The summed E-state index contributed by atoms with van der Waals surface area (Å²) in [6.45, 7) is 0.323. The Morgan fingerprint density at radius 1 is 1.14 bits per heavy atom. The zero-order valence-electron chi connectivity index (χ0n) is 15.7. The van der Waals surface area contributed by atoms with Gasteiger partial charge in [0.1, 0.15) is 12.4 Å². The van der Waals surface area contributed by atoms with E-state index in [9.17, 15) is 9.18 Å². The Labute approximate surface area is 166 Å². The van der Waals surface area contributed by atoms with E-state index in [0.717, 1.165) is 22.7 Å². The van der Waals surface area contributed by atoms with Gasteiger partial charge in [-0.2, -0.15) is 4.98 Å². The van der Waals surface area contributed by atoms with Crippen LogP contribution in [0.1, 0.15) is 15.9 Å². The molecule has 146 valence electrons. The normalized spacial score (nSPS) is 10.8. The molecule has 0 saturated heterocycles. The van der Waals surface area contributed by atoms with Crippen molar-refractivity contribution < 1.29 is 13.9 Å². The van der Waals surface area contributed by atoms with Crippen LogP contribution < -0.4 is 15.8 Å². The Bertz CT molecular complexity index is 1190.